The first kappa shape index (κ1) is 20.6. The number of H-pyrrole nitrogens is 1. The molecule has 5 nitrogen and oxygen atoms in total. The number of hydrogen-bond donors (Lipinski definition) is 2. The van der Waals surface area contributed by atoms with Gasteiger partial charge in [-0.3, -0.25) is 0 Å². The van der Waals surface area contributed by atoms with Crippen molar-refractivity contribution in [2.24, 2.45) is 0 Å². The van der Waals surface area contributed by atoms with Crippen LogP contribution in [0.1, 0.15) is 22.9 Å². The van der Waals surface area contributed by atoms with Gasteiger partial charge >= 0.3 is 6.03 Å². The molecule has 0 saturated carbocycles. The fourth-order valence-electron chi connectivity index (χ4n) is 4.35. The molecule has 1 atom stereocenters. The van der Waals surface area contributed by atoms with E-state index in [-0.39, 0.29) is 17.9 Å². The molecule has 0 radical (unpaired) electrons. The molecular formula is C25H21BrFN3O2. The summed E-state index contributed by atoms with van der Waals surface area (Å²) in [6.07, 6.45) is 0.698. The molecule has 5 rings (SSSR count). The molecule has 0 bridgehead atoms. The molecule has 4 aromatic rings. The third-order valence-electron chi connectivity index (χ3n) is 5.90. The maximum atomic E-state index is 13.7. The van der Waals surface area contributed by atoms with Crippen molar-refractivity contribution >= 4 is 38.6 Å². The van der Waals surface area contributed by atoms with Crippen LogP contribution in [-0.4, -0.2) is 29.6 Å². The lowest BCUT2D eigenvalue weighted by atomic mass is 9.92. The largest absolute Gasteiger partial charge is 0.497 e. The molecule has 7 heteroatoms. The van der Waals surface area contributed by atoms with Crippen LogP contribution in [0.4, 0.5) is 14.9 Å². The van der Waals surface area contributed by atoms with Gasteiger partial charge < -0.3 is 19.9 Å². The summed E-state index contributed by atoms with van der Waals surface area (Å²) < 4.78 is 19.9. The van der Waals surface area contributed by atoms with Crippen molar-refractivity contribution < 1.29 is 13.9 Å². The van der Waals surface area contributed by atoms with Crippen LogP contribution >= 0.6 is 15.9 Å². The van der Waals surface area contributed by atoms with Gasteiger partial charge in [0.05, 0.1) is 18.8 Å². The van der Waals surface area contributed by atoms with Crippen LogP contribution in [0.2, 0.25) is 0 Å². The van der Waals surface area contributed by atoms with Crippen LogP contribution < -0.4 is 10.1 Å². The third kappa shape index (κ3) is 3.62. The maximum absolute atomic E-state index is 13.7. The molecule has 1 unspecified atom stereocenters. The molecule has 2 N–H and O–H groups in total. The van der Waals surface area contributed by atoms with E-state index in [0.717, 1.165) is 37.9 Å². The van der Waals surface area contributed by atoms with Crippen LogP contribution in [0.5, 0.6) is 5.75 Å². The summed E-state index contributed by atoms with van der Waals surface area (Å²) in [6.45, 7) is 0.523. The lowest BCUT2D eigenvalue weighted by Gasteiger charge is -2.36. The Labute approximate surface area is 193 Å². The number of carbonyl (C=O) groups excluding carboxylic acids is 1. The van der Waals surface area contributed by atoms with E-state index in [1.165, 1.54) is 12.1 Å². The number of nitrogens with one attached hydrogen (secondary N) is 2. The van der Waals surface area contributed by atoms with Crippen molar-refractivity contribution in [1.82, 2.24) is 9.88 Å². The first-order valence-electron chi connectivity index (χ1n) is 10.3. The lowest BCUT2D eigenvalue weighted by molar-refractivity contribution is 0.193. The Balaban J connectivity index is 1.59. The zero-order valence-corrected chi connectivity index (χ0v) is 18.9. The highest BCUT2D eigenvalue weighted by Crippen LogP contribution is 2.39. The van der Waals surface area contributed by atoms with Gasteiger partial charge in [0.15, 0.2) is 0 Å². The molecule has 1 aliphatic rings. The van der Waals surface area contributed by atoms with E-state index in [9.17, 15) is 9.18 Å². The van der Waals surface area contributed by atoms with E-state index in [2.05, 4.69) is 26.2 Å². The van der Waals surface area contributed by atoms with Gasteiger partial charge in [-0.2, -0.15) is 0 Å². The van der Waals surface area contributed by atoms with Gasteiger partial charge in [-0.1, -0.05) is 24.3 Å². The summed E-state index contributed by atoms with van der Waals surface area (Å²) in [6, 6.07) is 19.2. The first-order valence-corrected chi connectivity index (χ1v) is 11.1. The van der Waals surface area contributed by atoms with Crippen molar-refractivity contribution in [3.05, 3.63) is 93.8 Å². The molecule has 162 valence electrons. The number of halogens is 2. The summed E-state index contributed by atoms with van der Waals surface area (Å²) in [5, 5.41) is 4.09. The Morgan fingerprint density at radius 1 is 1.16 bits per heavy atom. The lowest BCUT2D eigenvalue weighted by Crippen LogP contribution is -2.43. The Morgan fingerprint density at radius 3 is 2.69 bits per heavy atom. The van der Waals surface area contributed by atoms with Crippen LogP contribution in [-0.2, 0) is 6.42 Å². The van der Waals surface area contributed by atoms with Crippen molar-refractivity contribution in [1.29, 1.82) is 0 Å². The fraction of sp³-hybridized carbons (Fsp3) is 0.160. The summed E-state index contributed by atoms with van der Waals surface area (Å²) in [5.41, 5.74) is 4.61. The Morgan fingerprint density at radius 2 is 1.94 bits per heavy atom. The number of carbonyl (C=O) groups is 1. The van der Waals surface area contributed by atoms with E-state index in [4.69, 9.17) is 4.74 Å². The van der Waals surface area contributed by atoms with E-state index < -0.39 is 0 Å². The van der Waals surface area contributed by atoms with Crippen LogP contribution in [0.15, 0.2) is 71.2 Å². The molecule has 0 aliphatic carbocycles. The highest BCUT2D eigenvalue weighted by atomic mass is 79.9. The van der Waals surface area contributed by atoms with Crippen LogP contribution in [0.3, 0.4) is 0 Å². The number of aromatic amines is 1. The topological polar surface area (TPSA) is 57.4 Å². The predicted molar refractivity (Wildman–Crippen MR) is 127 cm³/mol. The smallest absolute Gasteiger partial charge is 0.322 e. The highest BCUT2D eigenvalue weighted by molar-refractivity contribution is 9.10. The molecule has 2 amide bonds. The van der Waals surface area contributed by atoms with Gasteiger partial charge in [0.2, 0.25) is 0 Å². The number of nitrogens with zero attached hydrogens (tertiary/aromatic N) is 1. The summed E-state index contributed by atoms with van der Waals surface area (Å²) in [7, 11) is 1.65. The number of rotatable bonds is 3. The standard InChI is InChI=1S/C25H21BrFN3O2/c1-32-17-10-11-21-19(14-17)18-12-13-30(25(31)29-22-5-3-2-4-20(22)26)24(23(18)28-21)15-6-8-16(27)9-7-15/h2-11,14,24,28H,12-13H2,1H3,(H,29,31). The Bertz CT molecular complexity index is 1300. The number of amides is 2. The number of benzene rings is 3. The minimum Gasteiger partial charge on any atom is -0.497 e. The minimum absolute atomic E-state index is 0.215. The van der Waals surface area contributed by atoms with Gasteiger partial charge in [0.25, 0.3) is 0 Å². The molecule has 32 heavy (non-hydrogen) atoms. The highest BCUT2D eigenvalue weighted by Gasteiger charge is 2.35. The maximum Gasteiger partial charge on any atom is 0.322 e. The zero-order chi connectivity index (χ0) is 22.2. The second kappa shape index (κ2) is 8.31. The summed E-state index contributed by atoms with van der Waals surface area (Å²) in [4.78, 5) is 18.7. The number of fused-ring (bicyclic) bond motifs is 3. The fourth-order valence-corrected chi connectivity index (χ4v) is 4.74. The monoisotopic (exact) mass is 493 g/mol. The van der Waals surface area contributed by atoms with Gasteiger partial charge in [-0.05, 0) is 75.9 Å². The Hall–Kier alpha value is -3.32. The van der Waals surface area contributed by atoms with Crippen LogP contribution in [0, 0.1) is 5.82 Å². The quantitative estimate of drug-likeness (QED) is 0.354. The number of ether oxygens (including phenoxy) is 1. The average molecular weight is 494 g/mol. The van der Waals surface area contributed by atoms with Crippen molar-refractivity contribution in [2.75, 3.05) is 19.0 Å². The van der Waals surface area contributed by atoms with Gasteiger partial charge in [-0.15, -0.1) is 0 Å². The predicted octanol–water partition coefficient (Wildman–Crippen LogP) is 6.26. The molecule has 0 saturated heterocycles. The van der Waals surface area contributed by atoms with Crippen LogP contribution in [0.25, 0.3) is 10.9 Å². The number of aromatic nitrogens is 1. The SMILES string of the molecule is COc1ccc2[nH]c3c(c2c1)CCN(C(=O)Nc1ccccc1Br)C3c1ccc(F)cc1. The molecule has 1 aliphatic heterocycles. The van der Waals surface area contributed by atoms with Gasteiger partial charge in [0.1, 0.15) is 11.6 Å². The van der Waals surface area contributed by atoms with E-state index in [1.54, 1.807) is 24.1 Å². The summed E-state index contributed by atoms with van der Waals surface area (Å²) >= 11 is 3.49. The van der Waals surface area contributed by atoms with Crippen molar-refractivity contribution in [3.63, 3.8) is 0 Å². The minimum atomic E-state index is -0.375. The first-order chi connectivity index (χ1) is 15.5. The van der Waals surface area contributed by atoms with E-state index in [1.807, 2.05) is 42.5 Å². The third-order valence-corrected chi connectivity index (χ3v) is 6.59. The number of para-hydroxylation sites is 1. The second-order valence-electron chi connectivity index (χ2n) is 7.74. The van der Waals surface area contributed by atoms with Crippen molar-refractivity contribution in [2.45, 2.75) is 12.5 Å². The number of hydrogen-bond acceptors (Lipinski definition) is 2. The molecule has 1 aromatic heterocycles. The average Bonchev–Trinajstić information content (AvgIpc) is 3.18. The van der Waals surface area contributed by atoms with Gasteiger partial charge in [0, 0.05) is 27.6 Å². The zero-order valence-electron chi connectivity index (χ0n) is 17.4. The molecule has 0 spiro atoms. The van der Waals surface area contributed by atoms with Crippen molar-refractivity contribution in [3.8, 4) is 5.75 Å². The van der Waals surface area contributed by atoms with E-state index in [0.29, 0.717) is 18.7 Å². The number of methoxy groups -OCH3 is 1. The number of anilines is 1. The molecule has 2 heterocycles. The Kier molecular flexibility index (Phi) is 5.35. The van der Waals surface area contributed by atoms with Gasteiger partial charge in [-0.25, -0.2) is 9.18 Å². The molecule has 3 aromatic carbocycles. The molecular weight excluding hydrogens is 473 g/mol. The summed E-state index contributed by atoms with van der Waals surface area (Å²) in [5.74, 6) is 0.474. The van der Waals surface area contributed by atoms with E-state index >= 15 is 0 Å². The number of urea groups is 1. The normalized spacial score (nSPS) is 15.5. The molecule has 0 fully saturated rings. The second-order valence-corrected chi connectivity index (χ2v) is 8.59.